The van der Waals surface area contributed by atoms with E-state index >= 15 is 0 Å². The van der Waals surface area contributed by atoms with Gasteiger partial charge in [0.15, 0.2) is 0 Å². The number of hydrogen-bond donors (Lipinski definition) is 0. The molecule has 0 aliphatic carbocycles. The van der Waals surface area contributed by atoms with Gasteiger partial charge in [0.25, 0.3) is 0 Å². The summed E-state index contributed by atoms with van der Waals surface area (Å²) in [4.78, 5) is 0. The molecule has 0 nitrogen and oxygen atoms in total. The lowest BCUT2D eigenvalue weighted by Crippen LogP contribution is -1.97. The Morgan fingerprint density at radius 2 is 0.409 bits per heavy atom. The lowest BCUT2D eigenvalue weighted by atomic mass is 9.77. The van der Waals surface area contributed by atoms with Crippen LogP contribution in [-0.4, -0.2) is 0 Å². The van der Waals surface area contributed by atoms with Crippen molar-refractivity contribution in [1.82, 2.24) is 0 Å². The first-order valence-electron chi connectivity index (χ1n) is 14.5. The molecule has 44 heavy (non-hydrogen) atoms. The first-order chi connectivity index (χ1) is 21.5. The topological polar surface area (TPSA) is 0 Å². The Balaban J connectivity index is 1.66. The normalized spacial score (nSPS) is 13.0. The minimum absolute atomic E-state index is 0.340. The zero-order chi connectivity index (χ0) is 29.2. The summed E-state index contributed by atoms with van der Waals surface area (Å²) in [6, 6.07) is 27.5. The van der Waals surface area contributed by atoms with E-state index in [1.54, 1.807) is 24.3 Å². The van der Waals surface area contributed by atoms with Gasteiger partial charge in [-0.2, -0.15) is 0 Å². The minimum Gasteiger partial charge on any atom is -0.207 e. The molecular weight excluding hydrogens is 556 g/mol. The Morgan fingerprint density at radius 3 is 0.659 bits per heavy atom. The molecule has 0 aliphatic rings. The van der Waals surface area contributed by atoms with Crippen molar-refractivity contribution in [2.45, 2.75) is 0 Å². The highest BCUT2D eigenvalue weighted by molar-refractivity contribution is 6.55. The highest BCUT2D eigenvalue weighted by Gasteiger charge is 2.27. The second-order valence-electron chi connectivity index (χ2n) is 12.1. The predicted molar refractivity (Wildman–Crippen MR) is 175 cm³/mol. The number of halogens is 4. The van der Waals surface area contributed by atoms with Crippen LogP contribution in [0.5, 0.6) is 0 Å². The minimum atomic E-state index is -0.340. The Labute approximate surface area is 245 Å². The fraction of sp³-hybridized carbons (Fsp3) is 0. The van der Waals surface area contributed by atoms with Gasteiger partial charge in [-0.1, -0.05) is 48.5 Å². The summed E-state index contributed by atoms with van der Waals surface area (Å²) in [6.07, 6.45) is 0. The molecule has 0 atom stereocenters. The van der Waals surface area contributed by atoms with E-state index in [9.17, 15) is 17.6 Å². The van der Waals surface area contributed by atoms with Crippen molar-refractivity contribution < 1.29 is 17.6 Å². The van der Waals surface area contributed by atoms with Crippen LogP contribution < -0.4 is 0 Å². The van der Waals surface area contributed by atoms with Gasteiger partial charge in [-0.15, -0.1) is 0 Å². The summed E-state index contributed by atoms with van der Waals surface area (Å²) in [5, 5.41) is 18.0. The van der Waals surface area contributed by atoms with E-state index in [2.05, 4.69) is 0 Å². The molecule has 0 heterocycles. The van der Waals surface area contributed by atoms with Gasteiger partial charge in [0, 0.05) is 0 Å². The first-order valence-corrected chi connectivity index (χ1v) is 14.5. The van der Waals surface area contributed by atoms with Crippen molar-refractivity contribution in [2.24, 2.45) is 0 Å². The summed E-state index contributed by atoms with van der Waals surface area (Å²) in [6.45, 7) is 0. The Hall–Kier alpha value is -5.48. The molecule has 11 aromatic rings. The highest BCUT2D eigenvalue weighted by atomic mass is 19.1. The Morgan fingerprint density at radius 1 is 0.205 bits per heavy atom. The smallest absolute Gasteiger partial charge is 0.123 e. The maximum Gasteiger partial charge on any atom is 0.123 e. The van der Waals surface area contributed by atoms with Crippen molar-refractivity contribution >= 4 is 108 Å². The van der Waals surface area contributed by atoms with Gasteiger partial charge in [0.1, 0.15) is 23.3 Å². The van der Waals surface area contributed by atoms with Crippen molar-refractivity contribution in [3.05, 3.63) is 120 Å². The van der Waals surface area contributed by atoms with Crippen LogP contribution in [0.4, 0.5) is 17.6 Å². The number of hydrogen-bond acceptors (Lipinski definition) is 0. The Bertz CT molecular complexity index is 2670. The van der Waals surface area contributed by atoms with Crippen LogP contribution in [-0.2, 0) is 0 Å². The van der Waals surface area contributed by atoms with Gasteiger partial charge in [-0.25, -0.2) is 17.6 Å². The molecular formula is C40H16F4. The van der Waals surface area contributed by atoms with Crippen LogP contribution in [0.1, 0.15) is 0 Å². The van der Waals surface area contributed by atoms with Gasteiger partial charge >= 0.3 is 0 Å². The molecule has 11 aromatic carbocycles. The third-order valence-corrected chi connectivity index (χ3v) is 10.1. The molecule has 0 N–H and O–H groups in total. The van der Waals surface area contributed by atoms with Crippen molar-refractivity contribution in [3.63, 3.8) is 0 Å². The molecule has 0 aromatic heterocycles. The van der Waals surface area contributed by atoms with Gasteiger partial charge in [0.2, 0.25) is 0 Å². The largest absolute Gasteiger partial charge is 0.207 e. The standard InChI is InChI=1S/C40H16F4/c41-17-1-5-21-29(13-17)25-9-10-27-31-15-19(43)3-7-23(31)34-24-8-4-20(44)16-32(24)28-12-11-26-30-14-18(42)2-6-22(30)33(21)39-35(25)37(27)40(34)38(28)36(26)39/h1-16H. The molecule has 0 saturated heterocycles. The van der Waals surface area contributed by atoms with Crippen LogP contribution in [0.3, 0.4) is 0 Å². The third-order valence-electron chi connectivity index (χ3n) is 10.1. The van der Waals surface area contributed by atoms with Crippen LogP contribution in [0.25, 0.3) is 108 Å². The van der Waals surface area contributed by atoms with Crippen LogP contribution in [0.15, 0.2) is 97.1 Å². The summed E-state index contributed by atoms with van der Waals surface area (Å²) in [7, 11) is 0. The second-order valence-corrected chi connectivity index (χ2v) is 12.1. The van der Waals surface area contributed by atoms with Crippen molar-refractivity contribution in [2.75, 3.05) is 0 Å². The third kappa shape index (κ3) is 2.47. The molecule has 0 fully saturated rings. The van der Waals surface area contributed by atoms with E-state index in [0.29, 0.717) is 0 Å². The molecule has 0 saturated carbocycles. The van der Waals surface area contributed by atoms with Crippen LogP contribution in [0.2, 0.25) is 0 Å². The van der Waals surface area contributed by atoms with Gasteiger partial charge in [0.05, 0.1) is 0 Å². The fourth-order valence-corrected chi connectivity index (χ4v) is 8.55. The molecule has 0 bridgehead atoms. The molecule has 11 rings (SSSR count). The summed E-state index contributed by atoms with van der Waals surface area (Å²) < 4.78 is 59.9. The van der Waals surface area contributed by atoms with Crippen LogP contribution >= 0.6 is 0 Å². The molecule has 0 amide bonds. The summed E-state index contributed by atoms with van der Waals surface area (Å²) >= 11 is 0. The predicted octanol–water partition coefficient (Wildman–Crippen LogP) is 12.1. The van der Waals surface area contributed by atoms with Gasteiger partial charge in [-0.3, -0.25) is 0 Å². The zero-order valence-corrected chi connectivity index (χ0v) is 22.7. The van der Waals surface area contributed by atoms with E-state index < -0.39 is 0 Å². The number of fused-ring (bicyclic) bond motifs is 12. The molecule has 0 aliphatic heterocycles. The molecule has 4 heteroatoms. The first kappa shape index (κ1) is 23.0. The molecule has 0 unspecified atom stereocenters. The lowest BCUT2D eigenvalue weighted by molar-refractivity contribution is 0.629. The number of benzene rings is 11. The summed E-state index contributed by atoms with van der Waals surface area (Å²) in [5.41, 5.74) is 0. The maximum absolute atomic E-state index is 15.0. The van der Waals surface area contributed by atoms with Crippen LogP contribution in [0, 0.1) is 23.3 Å². The SMILES string of the molecule is Fc1ccc2c(c1)c1ccc3c4cc(F)ccc4c4c5ccc(F)cc5c5ccc6c7cc(F)ccc7c2c2c1c3c4c5c62. The highest BCUT2D eigenvalue weighted by Crippen LogP contribution is 2.56. The van der Waals surface area contributed by atoms with Crippen molar-refractivity contribution in [1.29, 1.82) is 0 Å². The zero-order valence-electron chi connectivity index (χ0n) is 22.7. The monoisotopic (exact) mass is 572 g/mol. The van der Waals surface area contributed by atoms with E-state index in [1.165, 1.54) is 24.3 Å². The van der Waals surface area contributed by atoms with E-state index in [0.717, 1.165) is 108 Å². The average molecular weight is 573 g/mol. The van der Waals surface area contributed by atoms with Gasteiger partial charge < -0.3 is 0 Å². The van der Waals surface area contributed by atoms with E-state index in [1.807, 2.05) is 48.5 Å². The lowest BCUT2D eigenvalue weighted by Gasteiger charge is -2.26. The van der Waals surface area contributed by atoms with E-state index in [4.69, 9.17) is 0 Å². The number of rotatable bonds is 0. The summed E-state index contributed by atoms with van der Waals surface area (Å²) in [5.74, 6) is -1.36. The average Bonchev–Trinajstić information content (AvgIpc) is 3.03. The second kappa shape index (κ2) is 7.35. The van der Waals surface area contributed by atoms with Gasteiger partial charge in [-0.05, 0) is 156 Å². The quantitative estimate of drug-likeness (QED) is 0.0963. The maximum atomic E-state index is 15.0. The molecule has 204 valence electrons. The van der Waals surface area contributed by atoms with E-state index in [-0.39, 0.29) is 23.3 Å². The fourth-order valence-electron chi connectivity index (χ4n) is 8.55. The molecule has 0 radical (unpaired) electrons. The van der Waals surface area contributed by atoms with Crippen molar-refractivity contribution in [3.8, 4) is 0 Å². The Kier molecular flexibility index (Phi) is 3.85. The molecule has 0 spiro atoms.